The Bertz CT molecular complexity index is 540. The van der Waals surface area contributed by atoms with Crippen LogP contribution in [-0.2, 0) is 4.79 Å². The van der Waals surface area contributed by atoms with Crippen molar-refractivity contribution in [1.82, 2.24) is 0 Å². The summed E-state index contributed by atoms with van der Waals surface area (Å²) in [6, 6.07) is 4.06. The van der Waals surface area contributed by atoms with Gasteiger partial charge in [-0.25, -0.2) is 0 Å². The molecule has 0 atom stereocenters. The van der Waals surface area contributed by atoms with E-state index in [0.29, 0.717) is 12.8 Å². The molecular formula is C14H17NO6. The van der Waals surface area contributed by atoms with Gasteiger partial charge < -0.3 is 9.84 Å². The lowest BCUT2D eigenvalue weighted by atomic mass is 10.1. The van der Waals surface area contributed by atoms with Crippen molar-refractivity contribution in [2.75, 3.05) is 6.61 Å². The highest BCUT2D eigenvalue weighted by Gasteiger charge is 2.18. The van der Waals surface area contributed by atoms with E-state index in [4.69, 9.17) is 9.84 Å². The van der Waals surface area contributed by atoms with Crippen LogP contribution in [0.25, 0.3) is 0 Å². The van der Waals surface area contributed by atoms with Gasteiger partial charge in [-0.3, -0.25) is 19.7 Å². The predicted molar refractivity (Wildman–Crippen MR) is 74.7 cm³/mol. The number of ether oxygens (including phenoxy) is 1. The fraction of sp³-hybridized carbons (Fsp3) is 0.429. The Hall–Kier alpha value is -2.44. The number of hydrogen-bond donors (Lipinski definition) is 1. The van der Waals surface area contributed by atoms with Gasteiger partial charge in [0.2, 0.25) is 0 Å². The summed E-state index contributed by atoms with van der Waals surface area (Å²) < 4.78 is 5.23. The SMILES string of the molecule is CCCC(=O)c1ccc(OCCCC(=O)O)c([N+](=O)[O-])c1. The molecule has 1 aromatic carbocycles. The van der Waals surface area contributed by atoms with E-state index in [9.17, 15) is 19.7 Å². The molecule has 0 aliphatic heterocycles. The summed E-state index contributed by atoms with van der Waals surface area (Å²) in [7, 11) is 0. The van der Waals surface area contributed by atoms with Crippen molar-refractivity contribution in [2.24, 2.45) is 0 Å². The first-order valence-electron chi connectivity index (χ1n) is 6.62. The molecule has 0 spiro atoms. The third-order valence-corrected chi connectivity index (χ3v) is 2.75. The lowest BCUT2D eigenvalue weighted by Gasteiger charge is -2.07. The summed E-state index contributed by atoms with van der Waals surface area (Å²) >= 11 is 0. The van der Waals surface area contributed by atoms with E-state index < -0.39 is 10.9 Å². The van der Waals surface area contributed by atoms with Crippen molar-refractivity contribution in [2.45, 2.75) is 32.6 Å². The van der Waals surface area contributed by atoms with Crippen LogP contribution in [0.1, 0.15) is 43.0 Å². The number of nitrogens with zero attached hydrogens (tertiary/aromatic N) is 1. The molecule has 1 aromatic rings. The molecule has 114 valence electrons. The molecule has 0 unspecified atom stereocenters. The highest BCUT2D eigenvalue weighted by Crippen LogP contribution is 2.28. The number of ketones is 1. The molecule has 0 saturated carbocycles. The minimum atomic E-state index is -0.950. The molecule has 0 heterocycles. The number of carbonyl (C=O) groups excluding carboxylic acids is 1. The van der Waals surface area contributed by atoms with Crippen molar-refractivity contribution < 1.29 is 24.4 Å². The molecule has 0 amide bonds. The zero-order valence-electron chi connectivity index (χ0n) is 11.7. The number of aliphatic carboxylic acids is 1. The van der Waals surface area contributed by atoms with Gasteiger partial charge in [-0.15, -0.1) is 0 Å². The Morgan fingerprint density at radius 3 is 2.62 bits per heavy atom. The van der Waals surface area contributed by atoms with Crippen molar-refractivity contribution >= 4 is 17.4 Å². The molecule has 7 nitrogen and oxygen atoms in total. The Morgan fingerprint density at radius 2 is 2.05 bits per heavy atom. The van der Waals surface area contributed by atoms with Gasteiger partial charge >= 0.3 is 11.7 Å². The number of carbonyl (C=O) groups is 2. The van der Waals surface area contributed by atoms with Crippen LogP contribution in [0.5, 0.6) is 5.75 Å². The average Bonchev–Trinajstić information content (AvgIpc) is 2.43. The minimum absolute atomic E-state index is 0.0402. The molecular weight excluding hydrogens is 278 g/mol. The van der Waals surface area contributed by atoms with E-state index in [2.05, 4.69) is 0 Å². The number of benzene rings is 1. The third-order valence-electron chi connectivity index (χ3n) is 2.75. The molecule has 0 fully saturated rings. The van der Waals surface area contributed by atoms with E-state index in [1.807, 2.05) is 6.92 Å². The molecule has 1 rings (SSSR count). The minimum Gasteiger partial charge on any atom is -0.487 e. The monoisotopic (exact) mass is 295 g/mol. The van der Waals surface area contributed by atoms with Crippen LogP contribution < -0.4 is 4.74 Å². The smallest absolute Gasteiger partial charge is 0.311 e. The van der Waals surface area contributed by atoms with Gasteiger partial charge in [-0.1, -0.05) is 6.92 Å². The van der Waals surface area contributed by atoms with Crippen LogP contribution >= 0.6 is 0 Å². The number of nitro groups is 1. The van der Waals surface area contributed by atoms with Gasteiger partial charge in [0.25, 0.3) is 0 Å². The quantitative estimate of drug-likeness (QED) is 0.325. The molecule has 1 N–H and O–H groups in total. The highest BCUT2D eigenvalue weighted by molar-refractivity contribution is 5.96. The van der Waals surface area contributed by atoms with Gasteiger partial charge in [0.05, 0.1) is 11.5 Å². The standard InChI is InChI=1S/C14H17NO6/c1-2-4-12(16)10-6-7-13(11(9-10)15(19)20)21-8-3-5-14(17)18/h6-7,9H,2-5,8H2,1H3,(H,17,18). The van der Waals surface area contributed by atoms with Gasteiger partial charge in [-0.2, -0.15) is 0 Å². The fourth-order valence-electron chi connectivity index (χ4n) is 1.73. The summed E-state index contributed by atoms with van der Waals surface area (Å²) in [6.45, 7) is 1.92. The number of Topliss-reactive ketones (excluding diaryl/α,β-unsaturated/α-hetero) is 1. The normalized spacial score (nSPS) is 10.1. The zero-order chi connectivity index (χ0) is 15.8. The summed E-state index contributed by atoms with van der Waals surface area (Å²) in [5.74, 6) is -1.06. The molecule has 0 aliphatic carbocycles. The van der Waals surface area contributed by atoms with Crippen LogP contribution in [0, 0.1) is 10.1 Å². The lowest BCUT2D eigenvalue weighted by molar-refractivity contribution is -0.385. The van der Waals surface area contributed by atoms with Crippen LogP contribution in [0.3, 0.4) is 0 Å². The van der Waals surface area contributed by atoms with Crippen LogP contribution in [-0.4, -0.2) is 28.4 Å². The molecule has 0 radical (unpaired) electrons. The van der Waals surface area contributed by atoms with Gasteiger partial charge in [0, 0.05) is 24.5 Å². The fourth-order valence-corrected chi connectivity index (χ4v) is 1.73. The first-order chi connectivity index (χ1) is 9.95. The predicted octanol–water partition coefficient (Wildman–Crippen LogP) is 2.82. The van der Waals surface area contributed by atoms with Crippen molar-refractivity contribution in [3.8, 4) is 5.75 Å². The highest BCUT2D eigenvalue weighted by atomic mass is 16.6. The molecule has 0 aromatic heterocycles. The summed E-state index contributed by atoms with van der Waals surface area (Å²) in [5.41, 5.74) is -0.00582. The topological polar surface area (TPSA) is 107 Å². The van der Waals surface area contributed by atoms with E-state index >= 15 is 0 Å². The number of nitro benzene ring substituents is 1. The number of carboxylic acid groups (broad SMARTS) is 1. The Morgan fingerprint density at radius 1 is 1.33 bits per heavy atom. The number of rotatable bonds is 9. The average molecular weight is 295 g/mol. The van der Waals surface area contributed by atoms with Crippen LogP contribution in [0.4, 0.5) is 5.69 Å². The Balaban J connectivity index is 2.82. The molecule has 0 aliphatic rings. The van der Waals surface area contributed by atoms with Crippen molar-refractivity contribution in [3.05, 3.63) is 33.9 Å². The Kier molecular flexibility index (Phi) is 6.32. The van der Waals surface area contributed by atoms with Crippen molar-refractivity contribution in [1.29, 1.82) is 0 Å². The third kappa shape index (κ3) is 5.21. The molecule has 7 heteroatoms. The van der Waals surface area contributed by atoms with Crippen LogP contribution in [0.2, 0.25) is 0 Å². The van der Waals surface area contributed by atoms with Gasteiger partial charge in [-0.05, 0) is 25.0 Å². The lowest BCUT2D eigenvalue weighted by Crippen LogP contribution is -2.05. The van der Waals surface area contributed by atoms with Gasteiger partial charge in [0.15, 0.2) is 11.5 Å². The van der Waals surface area contributed by atoms with E-state index in [1.165, 1.54) is 18.2 Å². The van der Waals surface area contributed by atoms with Crippen LogP contribution in [0.15, 0.2) is 18.2 Å². The number of hydrogen-bond acceptors (Lipinski definition) is 5. The van der Waals surface area contributed by atoms with E-state index in [1.54, 1.807) is 0 Å². The van der Waals surface area contributed by atoms with E-state index in [0.717, 1.165) is 0 Å². The Labute approximate surface area is 121 Å². The maximum absolute atomic E-state index is 11.7. The van der Waals surface area contributed by atoms with E-state index in [-0.39, 0.29) is 42.2 Å². The summed E-state index contributed by atoms with van der Waals surface area (Å²) in [4.78, 5) is 32.5. The first-order valence-corrected chi connectivity index (χ1v) is 6.62. The summed E-state index contributed by atoms with van der Waals surface area (Å²) in [5, 5.41) is 19.5. The molecule has 0 bridgehead atoms. The molecule has 21 heavy (non-hydrogen) atoms. The van der Waals surface area contributed by atoms with Gasteiger partial charge in [0.1, 0.15) is 0 Å². The second kappa shape index (κ2) is 7.98. The number of carboxylic acids is 1. The summed E-state index contributed by atoms with van der Waals surface area (Å²) in [6.07, 6.45) is 1.18. The molecule has 0 saturated heterocycles. The first kappa shape index (κ1) is 16.6. The van der Waals surface area contributed by atoms with Crippen molar-refractivity contribution in [3.63, 3.8) is 0 Å². The zero-order valence-corrected chi connectivity index (χ0v) is 11.7. The maximum atomic E-state index is 11.7. The second-order valence-electron chi connectivity index (χ2n) is 4.46. The largest absolute Gasteiger partial charge is 0.487 e. The maximum Gasteiger partial charge on any atom is 0.311 e. The second-order valence-corrected chi connectivity index (χ2v) is 4.46.